The SMILES string of the molecule is O=C(COC(=O)c1ccccc1)OCC(O)CO. The molecule has 0 aliphatic heterocycles. The Bertz CT molecular complexity index is 389. The van der Waals surface area contributed by atoms with Crippen LogP contribution >= 0.6 is 0 Å². The van der Waals surface area contributed by atoms with Crippen molar-refractivity contribution in [2.24, 2.45) is 0 Å². The number of aliphatic hydroxyl groups excluding tert-OH is 2. The van der Waals surface area contributed by atoms with E-state index in [2.05, 4.69) is 4.74 Å². The van der Waals surface area contributed by atoms with Crippen molar-refractivity contribution in [3.8, 4) is 0 Å². The van der Waals surface area contributed by atoms with E-state index < -0.39 is 31.3 Å². The zero-order valence-electron chi connectivity index (χ0n) is 9.61. The number of benzene rings is 1. The van der Waals surface area contributed by atoms with Gasteiger partial charge >= 0.3 is 11.9 Å². The lowest BCUT2D eigenvalue weighted by Crippen LogP contribution is -2.24. The average Bonchev–Trinajstić information content (AvgIpc) is 2.42. The summed E-state index contributed by atoms with van der Waals surface area (Å²) in [6.07, 6.45) is -1.13. The summed E-state index contributed by atoms with van der Waals surface area (Å²) in [5, 5.41) is 17.4. The molecule has 0 bridgehead atoms. The summed E-state index contributed by atoms with van der Waals surface area (Å²) in [5.74, 6) is -1.41. The summed E-state index contributed by atoms with van der Waals surface area (Å²) in [6.45, 7) is -1.37. The Hall–Kier alpha value is -1.92. The Balaban J connectivity index is 2.28. The maximum absolute atomic E-state index is 11.4. The second kappa shape index (κ2) is 7.41. The molecule has 0 fully saturated rings. The van der Waals surface area contributed by atoms with Crippen LogP contribution in [0.3, 0.4) is 0 Å². The molecular formula is C12H14O6. The van der Waals surface area contributed by atoms with Crippen LogP contribution in [0.15, 0.2) is 30.3 Å². The quantitative estimate of drug-likeness (QED) is 0.679. The Morgan fingerprint density at radius 3 is 2.44 bits per heavy atom. The zero-order valence-corrected chi connectivity index (χ0v) is 9.61. The minimum Gasteiger partial charge on any atom is -0.460 e. The number of hydrogen-bond acceptors (Lipinski definition) is 6. The number of rotatable bonds is 6. The van der Waals surface area contributed by atoms with Crippen molar-refractivity contribution in [3.63, 3.8) is 0 Å². The molecule has 1 unspecified atom stereocenters. The van der Waals surface area contributed by atoms with E-state index in [1.165, 1.54) is 0 Å². The third-order valence-electron chi connectivity index (χ3n) is 1.98. The smallest absolute Gasteiger partial charge is 0.344 e. The van der Waals surface area contributed by atoms with Crippen LogP contribution in [0, 0.1) is 0 Å². The van der Waals surface area contributed by atoms with Crippen LogP contribution in [0.25, 0.3) is 0 Å². The molecule has 0 amide bonds. The summed E-state index contributed by atoms with van der Waals surface area (Å²) in [5.41, 5.74) is 0.334. The van der Waals surface area contributed by atoms with E-state index >= 15 is 0 Å². The van der Waals surface area contributed by atoms with Gasteiger partial charge in [-0.15, -0.1) is 0 Å². The number of esters is 2. The minimum absolute atomic E-state index is 0.334. The molecule has 1 rings (SSSR count). The van der Waals surface area contributed by atoms with Gasteiger partial charge in [-0.1, -0.05) is 18.2 Å². The first-order valence-electron chi connectivity index (χ1n) is 5.30. The lowest BCUT2D eigenvalue weighted by molar-refractivity contribution is -0.150. The van der Waals surface area contributed by atoms with E-state index in [1.807, 2.05) is 0 Å². The molecule has 0 heterocycles. The molecule has 1 aromatic rings. The predicted octanol–water partition coefficient (Wildman–Crippen LogP) is -0.260. The first-order chi connectivity index (χ1) is 8.63. The third-order valence-corrected chi connectivity index (χ3v) is 1.98. The molecular weight excluding hydrogens is 240 g/mol. The summed E-state index contributed by atoms with van der Waals surface area (Å²) >= 11 is 0. The molecule has 98 valence electrons. The van der Waals surface area contributed by atoms with Gasteiger partial charge in [0.2, 0.25) is 0 Å². The van der Waals surface area contributed by atoms with Crippen molar-refractivity contribution in [1.29, 1.82) is 0 Å². The highest BCUT2D eigenvalue weighted by molar-refractivity contribution is 5.90. The van der Waals surface area contributed by atoms with Gasteiger partial charge < -0.3 is 19.7 Å². The number of ether oxygens (including phenoxy) is 2. The number of aliphatic hydroxyl groups is 2. The predicted molar refractivity (Wildman–Crippen MR) is 60.8 cm³/mol. The molecule has 18 heavy (non-hydrogen) atoms. The second-order valence-electron chi connectivity index (χ2n) is 3.46. The minimum atomic E-state index is -1.13. The van der Waals surface area contributed by atoms with Crippen molar-refractivity contribution in [1.82, 2.24) is 0 Å². The Morgan fingerprint density at radius 2 is 1.83 bits per heavy atom. The van der Waals surface area contributed by atoms with Gasteiger partial charge in [0.05, 0.1) is 12.2 Å². The monoisotopic (exact) mass is 254 g/mol. The highest BCUT2D eigenvalue weighted by atomic mass is 16.6. The van der Waals surface area contributed by atoms with E-state index in [-0.39, 0.29) is 6.61 Å². The maximum atomic E-state index is 11.4. The van der Waals surface area contributed by atoms with E-state index in [0.717, 1.165) is 0 Å². The van der Waals surface area contributed by atoms with Gasteiger partial charge in [0, 0.05) is 0 Å². The van der Waals surface area contributed by atoms with Crippen LogP contribution in [-0.4, -0.2) is 48.1 Å². The van der Waals surface area contributed by atoms with Crippen LogP contribution in [0.2, 0.25) is 0 Å². The maximum Gasteiger partial charge on any atom is 0.344 e. The third kappa shape index (κ3) is 4.94. The summed E-state index contributed by atoms with van der Waals surface area (Å²) in [4.78, 5) is 22.5. The van der Waals surface area contributed by atoms with Crippen molar-refractivity contribution in [2.75, 3.05) is 19.8 Å². The number of carbonyl (C=O) groups is 2. The van der Waals surface area contributed by atoms with Crippen LogP contribution in [0.1, 0.15) is 10.4 Å². The molecule has 6 nitrogen and oxygen atoms in total. The first-order valence-corrected chi connectivity index (χ1v) is 5.30. The molecule has 0 aromatic heterocycles. The average molecular weight is 254 g/mol. The lowest BCUT2D eigenvalue weighted by atomic mass is 10.2. The molecule has 1 atom stereocenters. The number of hydrogen-bond donors (Lipinski definition) is 2. The van der Waals surface area contributed by atoms with Crippen molar-refractivity contribution in [2.45, 2.75) is 6.10 Å². The van der Waals surface area contributed by atoms with Crippen molar-refractivity contribution in [3.05, 3.63) is 35.9 Å². The first kappa shape index (κ1) is 14.1. The standard InChI is InChI=1S/C12H14O6/c13-6-10(14)7-17-11(15)8-18-12(16)9-4-2-1-3-5-9/h1-5,10,13-14H,6-8H2. The van der Waals surface area contributed by atoms with Gasteiger partial charge in [0.15, 0.2) is 6.61 Å². The molecule has 0 saturated heterocycles. The Labute approximate surface area is 104 Å². The molecule has 1 aromatic carbocycles. The van der Waals surface area contributed by atoms with E-state index in [0.29, 0.717) is 5.56 Å². The molecule has 0 aliphatic carbocycles. The molecule has 6 heteroatoms. The Kier molecular flexibility index (Phi) is 5.83. The molecule has 0 aliphatic rings. The summed E-state index contributed by atoms with van der Waals surface area (Å²) < 4.78 is 9.25. The van der Waals surface area contributed by atoms with E-state index in [9.17, 15) is 9.59 Å². The van der Waals surface area contributed by atoms with Crippen molar-refractivity contribution < 1.29 is 29.3 Å². The van der Waals surface area contributed by atoms with Gasteiger partial charge in [0.1, 0.15) is 12.7 Å². The summed E-state index contributed by atoms with van der Waals surface area (Å²) in [6, 6.07) is 8.22. The van der Waals surface area contributed by atoms with Crippen molar-refractivity contribution >= 4 is 11.9 Å². The topological polar surface area (TPSA) is 93.1 Å². The lowest BCUT2D eigenvalue weighted by Gasteiger charge is -2.08. The van der Waals surface area contributed by atoms with E-state index in [1.54, 1.807) is 30.3 Å². The summed E-state index contributed by atoms with van der Waals surface area (Å²) in [7, 11) is 0. The molecule has 0 saturated carbocycles. The van der Waals surface area contributed by atoms with Gasteiger partial charge in [-0.05, 0) is 12.1 Å². The van der Waals surface area contributed by atoms with Crippen LogP contribution in [0.5, 0.6) is 0 Å². The highest BCUT2D eigenvalue weighted by Gasteiger charge is 2.12. The molecule has 0 spiro atoms. The normalized spacial score (nSPS) is 11.7. The van der Waals surface area contributed by atoms with Gasteiger partial charge in [-0.25, -0.2) is 9.59 Å². The van der Waals surface area contributed by atoms with Gasteiger partial charge in [-0.2, -0.15) is 0 Å². The number of carbonyl (C=O) groups excluding carboxylic acids is 2. The second-order valence-corrected chi connectivity index (χ2v) is 3.46. The van der Waals surface area contributed by atoms with E-state index in [4.69, 9.17) is 14.9 Å². The molecule has 0 radical (unpaired) electrons. The van der Waals surface area contributed by atoms with Crippen LogP contribution in [0.4, 0.5) is 0 Å². The largest absolute Gasteiger partial charge is 0.460 e. The van der Waals surface area contributed by atoms with Crippen LogP contribution in [-0.2, 0) is 14.3 Å². The fraction of sp³-hybridized carbons (Fsp3) is 0.333. The highest BCUT2D eigenvalue weighted by Crippen LogP contribution is 2.01. The zero-order chi connectivity index (χ0) is 13.4. The van der Waals surface area contributed by atoms with Gasteiger partial charge in [-0.3, -0.25) is 0 Å². The fourth-order valence-electron chi connectivity index (χ4n) is 1.07. The Morgan fingerprint density at radius 1 is 1.17 bits per heavy atom. The fourth-order valence-corrected chi connectivity index (χ4v) is 1.07. The van der Waals surface area contributed by atoms with Crippen LogP contribution < -0.4 is 0 Å². The molecule has 2 N–H and O–H groups in total. The van der Waals surface area contributed by atoms with Gasteiger partial charge in [0.25, 0.3) is 0 Å².